The van der Waals surface area contributed by atoms with E-state index >= 15 is 0 Å². The summed E-state index contributed by atoms with van der Waals surface area (Å²) in [7, 11) is 1.77. The third-order valence-corrected chi connectivity index (χ3v) is 1.41. The van der Waals surface area contributed by atoms with E-state index in [1.165, 1.54) is 0 Å². The molecule has 60 valence electrons. The molecule has 1 rings (SSSR count). The van der Waals surface area contributed by atoms with Crippen molar-refractivity contribution < 1.29 is 23.6 Å². The van der Waals surface area contributed by atoms with E-state index in [0.29, 0.717) is 6.61 Å². The van der Waals surface area contributed by atoms with Gasteiger partial charge in [-0.2, -0.15) is 0 Å². The molecule has 0 spiro atoms. The monoisotopic (exact) mass is 157 g/mol. The molecule has 0 heterocycles. The molecule has 1 aromatic rings. The average Bonchev–Trinajstić information content (AvgIpc) is 2.07. The normalized spacial score (nSPS) is 8.50. The molecule has 2 nitrogen and oxygen atoms in total. The smallest absolute Gasteiger partial charge is 0.687 e. The fourth-order valence-corrected chi connectivity index (χ4v) is 0.858. The van der Waals surface area contributed by atoms with Gasteiger partial charge in [0.2, 0.25) is 0 Å². The maximum absolute atomic E-state index is 5.26. The van der Waals surface area contributed by atoms with Gasteiger partial charge >= 0.3 is 18.9 Å². The first kappa shape index (κ1) is 11.4. The van der Waals surface area contributed by atoms with E-state index in [1.807, 2.05) is 31.2 Å². The second-order valence-electron chi connectivity index (χ2n) is 2.15. The Kier molecular flexibility index (Phi) is 5.70. The number of rotatable bonds is 3. The minimum Gasteiger partial charge on any atom is -0.687 e. The van der Waals surface area contributed by atoms with Gasteiger partial charge in [-0.3, -0.25) is 0 Å². The van der Waals surface area contributed by atoms with Crippen LogP contribution in [0.2, 0.25) is 0 Å². The second-order valence-corrected chi connectivity index (χ2v) is 2.15. The summed E-state index contributed by atoms with van der Waals surface area (Å²) in [5, 5.41) is 4.02. The van der Waals surface area contributed by atoms with Crippen LogP contribution in [0, 0.1) is 0 Å². The van der Waals surface area contributed by atoms with E-state index in [9.17, 15) is 0 Å². The maximum Gasteiger partial charge on any atom is 1.00 e. The second kappa shape index (κ2) is 5.99. The molecule has 0 radical (unpaired) electrons. The van der Waals surface area contributed by atoms with Crippen LogP contribution in [-0.4, -0.2) is 13.7 Å². The number of hydrogen-bond acceptors (Lipinski definition) is 1. The Morgan fingerprint density at radius 1 is 1.25 bits per heavy atom. The molecule has 0 aliphatic heterocycles. The van der Waals surface area contributed by atoms with Crippen LogP contribution in [0.4, 0.5) is 5.69 Å². The Morgan fingerprint density at radius 3 is 2.25 bits per heavy atom. The molecule has 0 atom stereocenters. The Morgan fingerprint density at radius 2 is 1.83 bits per heavy atom. The van der Waals surface area contributed by atoms with E-state index in [2.05, 4.69) is 5.32 Å². The predicted octanol–water partition coefficient (Wildman–Crippen LogP) is -0.276. The molecule has 0 bridgehead atoms. The summed E-state index contributed by atoms with van der Waals surface area (Å²) >= 11 is 0. The van der Waals surface area contributed by atoms with Gasteiger partial charge in [0.15, 0.2) is 0 Å². The Balaban J connectivity index is 0.00000121. The number of nitrogens with zero attached hydrogens (tertiary/aromatic N) is 1. The largest absolute Gasteiger partial charge is 1.00 e. The molecule has 0 aliphatic carbocycles. The van der Waals surface area contributed by atoms with Crippen molar-refractivity contribution in [2.24, 2.45) is 0 Å². The number of ether oxygens (including phenoxy) is 1. The SMILES string of the molecule is CCOc1ccc([N-]C)cc1.[Li+]. The topological polar surface area (TPSA) is 23.3 Å². The Labute approximate surface area is 85.5 Å². The summed E-state index contributed by atoms with van der Waals surface area (Å²) < 4.78 is 5.26. The maximum atomic E-state index is 5.26. The molecule has 0 saturated carbocycles. The van der Waals surface area contributed by atoms with Crippen molar-refractivity contribution in [3.63, 3.8) is 0 Å². The van der Waals surface area contributed by atoms with Gasteiger partial charge in [-0.1, -0.05) is 12.1 Å². The Bertz CT molecular complexity index is 210. The number of benzene rings is 1. The van der Waals surface area contributed by atoms with Gasteiger partial charge in [0.1, 0.15) is 5.75 Å². The van der Waals surface area contributed by atoms with Gasteiger partial charge in [0.25, 0.3) is 0 Å². The van der Waals surface area contributed by atoms with Crippen molar-refractivity contribution in [1.29, 1.82) is 0 Å². The van der Waals surface area contributed by atoms with Gasteiger partial charge in [0, 0.05) is 0 Å². The van der Waals surface area contributed by atoms with Gasteiger partial charge in [-0.15, -0.1) is 12.7 Å². The Hall–Kier alpha value is -0.583. The van der Waals surface area contributed by atoms with E-state index in [0.717, 1.165) is 11.4 Å². The van der Waals surface area contributed by atoms with Crippen LogP contribution in [0.3, 0.4) is 0 Å². The zero-order valence-corrected chi connectivity index (χ0v) is 7.87. The molecule has 3 heteroatoms. The van der Waals surface area contributed by atoms with Crippen molar-refractivity contribution in [3.05, 3.63) is 29.6 Å². The summed E-state index contributed by atoms with van der Waals surface area (Å²) in [5.41, 5.74) is 0.980. The standard InChI is InChI=1S/C9H12NO.Li/c1-3-11-9-6-4-8(10-2)5-7-9;/h4-7H,3H2,1-2H3;/q-1;+1. The molecular formula is C9H12LiNO. The minimum absolute atomic E-state index is 0. The van der Waals surface area contributed by atoms with Gasteiger partial charge in [-0.25, -0.2) is 0 Å². The molecular weight excluding hydrogens is 145 g/mol. The fourth-order valence-electron chi connectivity index (χ4n) is 0.858. The van der Waals surface area contributed by atoms with Crippen LogP contribution >= 0.6 is 0 Å². The average molecular weight is 157 g/mol. The first-order valence-corrected chi connectivity index (χ1v) is 3.69. The van der Waals surface area contributed by atoms with E-state index in [1.54, 1.807) is 7.05 Å². The molecule has 0 N–H and O–H groups in total. The van der Waals surface area contributed by atoms with Crippen LogP contribution < -0.4 is 23.6 Å². The van der Waals surface area contributed by atoms with Crippen LogP contribution in [0.1, 0.15) is 6.92 Å². The van der Waals surface area contributed by atoms with Crippen LogP contribution in [0.5, 0.6) is 5.75 Å². The summed E-state index contributed by atoms with van der Waals surface area (Å²) in [6, 6.07) is 7.72. The van der Waals surface area contributed by atoms with E-state index in [4.69, 9.17) is 4.74 Å². The van der Waals surface area contributed by atoms with Crippen LogP contribution in [-0.2, 0) is 0 Å². The van der Waals surface area contributed by atoms with Crippen molar-refractivity contribution in [1.82, 2.24) is 0 Å². The summed E-state index contributed by atoms with van der Waals surface area (Å²) in [5.74, 6) is 0.903. The summed E-state index contributed by atoms with van der Waals surface area (Å²) in [4.78, 5) is 0. The van der Waals surface area contributed by atoms with Crippen molar-refractivity contribution in [2.45, 2.75) is 6.92 Å². The van der Waals surface area contributed by atoms with E-state index in [-0.39, 0.29) is 18.9 Å². The van der Waals surface area contributed by atoms with Crippen LogP contribution in [0.15, 0.2) is 24.3 Å². The number of hydrogen-bond donors (Lipinski definition) is 0. The quantitative estimate of drug-likeness (QED) is 0.554. The molecule has 0 aromatic heterocycles. The third kappa shape index (κ3) is 3.21. The zero-order chi connectivity index (χ0) is 8.10. The molecule has 0 fully saturated rings. The predicted molar refractivity (Wildman–Crippen MR) is 46.6 cm³/mol. The van der Waals surface area contributed by atoms with Gasteiger partial charge in [0.05, 0.1) is 6.61 Å². The molecule has 0 saturated heterocycles. The van der Waals surface area contributed by atoms with Gasteiger partial charge < -0.3 is 10.1 Å². The fraction of sp³-hybridized carbons (Fsp3) is 0.333. The van der Waals surface area contributed by atoms with Crippen LogP contribution in [0.25, 0.3) is 5.32 Å². The van der Waals surface area contributed by atoms with Crippen molar-refractivity contribution in [2.75, 3.05) is 13.7 Å². The first-order valence-electron chi connectivity index (χ1n) is 3.69. The summed E-state index contributed by atoms with van der Waals surface area (Å²) in [6.07, 6.45) is 0. The first-order chi connectivity index (χ1) is 5.36. The van der Waals surface area contributed by atoms with Gasteiger partial charge in [-0.05, 0) is 19.1 Å². The van der Waals surface area contributed by atoms with E-state index < -0.39 is 0 Å². The zero-order valence-electron chi connectivity index (χ0n) is 7.87. The third-order valence-electron chi connectivity index (χ3n) is 1.41. The molecule has 0 amide bonds. The molecule has 0 aliphatic rings. The summed E-state index contributed by atoms with van der Waals surface area (Å²) in [6.45, 7) is 2.68. The molecule has 1 aromatic carbocycles. The minimum atomic E-state index is 0. The van der Waals surface area contributed by atoms with Crippen molar-refractivity contribution >= 4 is 5.69 Å². The molecule has 0 unspecified atom stereocenters. The molecule has 12 heavy (non-hydrogen) atoms. The van der Waals surface area contributed by atoms with Crippen molar-refractivity contribution in [3.8, 4) is 5.75 Å².